The average molecular weight is 348 g/mol. The number of aryl methyl sites for hydroxylation is 2. The topological polar surface area (TPSA) is 98.9 Å². The van der Waals surface area contributed by atoms with Crippen molar-refractivity contribution in [2.45, 2.75) is 39.2 Å². The minimum Gasteiger partial charge on any atom is -0.482 e. The first-order chi connectivity index (χ1) is 11.9. The molecule has 7 nitrogen and oxygen atoms in total. The summed E-state index contributed by atoms with van der Waals surface area (Å²) >= 11 is 0. The molecule has 2 rings (SSSR count). The zero-order valence-electron chi connectivity index (χ0n) is 14.6. The van der Waals surface area contributed by atoms with Gasteiger partial charge >= 0.3 is 5.97 Å². The molecule has 1 aliphatic rings. The number of nitrogens with zero attached hydrogens (tertiary/aromatic N) is 1. The maximum absolute atomic E-state index is 12.2. The Morgan fingerprint density at radius 1 is 1.16 bits per heavy atom. The fraction of sp³-hybridized carbons (Fsp3) is 0.500. The number of benzene rings is 1. The van der Waals surface area contributed by atoms with E-state index in [1.165, 1.54) is 4.90 Å². The number of carbonyl (C=O) groups is 3. The van der Waals surface area contributed by atoms with Gasteiger partial charge in [-0.25, -0.2) is 4.79 Å². The van der Waals surface area contributed by atoms with Crippen LogP contribution in [-0.2, 0) is 19.1 Å². The highest BCUT2D eigenvalue weighted by atomic mass is 16.6. The Bertz CT molecular complexity index is 659. The Hall–Kier alpha value is -2.57. The minimum absolute atomic E-state index is 0.283. The summed E-state index contributed by atoms with van der Waals surface area (Å²) < 4.78 is 10.3. The van der Waals surface area contributed by atoms with Crippen LogP contribution in [-0.4, -0.2) is 48.5 Å². The van der Waals surface area contributed by atoms with E-state index in [0.29, 0.717) is 18.7 Å². The number of hydrogen-bond acceptors (Lipinski definition) is 5. The van der Waals surface area contributed by atoms with Gasteiger partial charge in [0.05, 0.1) is 0 Å². The summed E-state index contributed by atoms with van der Waals surface area (Å²) in [5, 5.41) is 0. The molecular formula is C18H24N2O5. The fourth-order valence-electron chi connectivity index (χ4n) is 2.74. The summed E-state index contributed by atoms with van der Waals surface area (Å²) in [6.07, 6.45) is 2.20. The molecule has 1 heterocycles. The van der Waals surface area contributed by atoms with Crippen molar-refractivity contribution in [1.29, 1.82) is 0 Å². The van der Waals surface area contributed by atoms with Gasteiger partial charge in [0.1, 0.15) is 11.8 Å². The van der Waals surface area contributed by atoms with Crippen LogP contribution in [0.5, 0.6) is 5.75 Å². The predicted molar refractivity (Wildman–Crippen MR) is 90.9 cm³/mol. The lowest BCUT2D eigenvalue weighted by molar-refractivity contribution is -0.156. The van der Waals surface area contributed by atoms with Crippen molar-refractivity contribution in [1.82, 2.24) is 4.90 Å². The smallest absolute Gasteiger partial charge is 0.344 e. The fourth-order valence-corrected chi connectivity index (χ4v) is 2.74. The Morgan fingerprint density at radius 2 is 1.92 bits per heavy atom. The van der Waals surface area contributed by atoms with Gasteiger partial charge in [0.2, 0.25) is 5.91 Å². The first-order valence-electron chi connectivity index (χ1n) is 8.33. The molecule has 1 aliphatic heterocycles. The second-order valence-corrected chi connectivity index (χ2v) is 6.20. The zero-order chi connectivity index (χ0) is 18.4. The number of nitrogens with two attached hydrogens (primary N) is 1. The van der Waals surface area contributed by atoms with E-state index < -0.39 is 30.4 Å². The molecule has 0 saturated carbocycles. The number of esters is 1. The molecule has 0 spiro atoms. The van der Waals surface area contributed by atoms with Crippen LogP contribution in [0.2, 0.25) is 0 Å². The molecule has 0 unspecified atom stereocenters. The zero-order valence-corrected chi connectivity index (χ0v) is 14.6. The van der Waals surface area contributed by atoms with Crippen molar-refractivity contribution in [3.8, 4) is 5.75 Å². The van der Waals surface area contributed by atoms with Gasteiger partial charge in [0, 0.05) is 6.54 Å². The van der Waals surface area contributed by atoms with Gasteiger partial charge in [-0.3, -0.25) is 9.59 Å². The van der Waals surface area contributed by atoms with Crippen LogP contribution in [0.1, 0.15) is 30.4 Å². The average Bonchev–Trinajstić information content (AvgIpc) is 2.60. The van der Waals surface area contributed by atoms with Crippen LogP contribution in [0.15, 0.2) is 18.2 Å². The van der Waals surface area contributed by atoms with Gasteiger partial charge in [0.15, 0.2) is 13.2 Å². The Kier molecular flexibility index (Phi) is 6.38. The molecule has 1 saturated heterocycles. The minimum atomic E-state index is -0.640. The summed E-state index contributed by atoms with van der Waals surface area (Å²) in [7, 11) is 0. The Labute approximate surface area is 147 Å². The predicted octanol–water partition coefficient (Wildman–Crippen LogP) is 1.09. The molecule has 1 aromatic carbocycles. The number of primary amides is 1. The number of amides is 2. The highest BCUT2D eigenvalue weighted by Gasteiger charge is 2.30. The van der Waals surface area contributed by atoms with E-state index >= 15 is 0 Å². The second kappa shape index (κ2) is 8.50. The van der Waals surface area contributed by atoms with E-state index in [0.717, 1.165) is 24.0 Å². The number of rotatable bonds is 6. The first-order valence-corrected chi connectivity index (χ1v) is 8.33. The van der Waals surface area contributed by atoms with E-state index in [1.54, 1.807) is 6.07 Å². The summed E-state index contributed by atoms with van der Waals surface area (Å²) in [4.78, 5) is 36.7. The monoisotopic (exact) mass is 348 g/mol. The molecule has 25 heavy (non-hydrogen) atoms. The first kappa shape index (κ1) is 18.8. The van der Waals surface area contributed by atoms with E-state index in [2.05, 4.69) is 0 Å². The van der Waals surface area contributed by atoms with Crippen molar-refractivity contribution < 1.29 is 23.9 Å². The van der Waals surface area contributed by atoms with Crippen molar-refractivity contribution in [3.05, 3.63) is 29.3 Å². The summed E-state index contributed by atoms with van der Waals surface area (Å²) in [6.45, 7) is 3.68. The Morgan fingerprint density at radius 3 is 2.60 bits per heavy atom. The molecule has 136 valence electrons. The molecule has 0 bridgehead atoms. The van der Waals surface area contributed by atoms with Crippen LogP contribution >= 0.6 is 0 Å². The third kappa shape index (κ3) is 5.20. The number of carbonyl (C=O) groups excluding carboxylic acids is 3. The molecular weight excluding hydrogens is 324 g/mol. The summed E-state index contributed by atoms with van der Waals surface area (Å²) in [5.41, 5.74) is 7.52. The third-order valence-electron chi connectivity index (χ3n) is 4.34. The molecule has 1 atom stereocenters. The summed E-state index contributed by atoms with van der Waals surface area (Å²) in [5.74, 6) is -1.02. The molecule has 7 heteroatoms. The maximum Gasteiger partial charge on any atom is 0.344 e. The maximum atomic E-state index is 12.2. The van der Waals surface area contributed by atoms with E-state index in [9.17, 15) is 14.4 Å². The molecule has 1 fully saturated rings. The standard InChI is InChI=1S/C18H24N2O5/c1-12-6-7-14(9-13(12)2)24-11-17(22)25-10-16(21)20-8-4-3-5-15(20)18(19)23/h6-7,9,15H,3-5,8,10-11H2,1-2H3,(H2,19,23)/t15-/m0/s1. The Balaban J connectivity index is 1.79. The number of likely N-dealkylation sites (tertiary alicyclic amines) is 1. The largest absolute Gasteiger partial charge is 0.482 e. The van der Waals surface area contributed by atoms with Crippen molar-refractivity contribution >= 4 is 17.8 Å². The van der Waals surface area contributed by atoms with Crippen LogP contribution < -0.4 is 10.5 Å². The highest BCUT2D eigenvalue weighted by Crippen LogP contribution is 2.17. The molecule has 0 radical (unpaired) electrons. The quantitative estimate of drug-likeness (QED) is 0.776. The molecule has 1 aromatic rings. The third-order valence-corrected chi connectivity index (χ3v) is 4.34. The van der Waals surface area contributed by atoms with E-state index in [-0.39, 0.29) is 6.61 Å². The van der Waals surface area contributed by atoms with Crippen molar-refractivity contribution in [2.75, 3.05) is 19.8 Å². The summed E-state index contributed by atoms with van der Waals surface area (Å²) in [6, 6.07) is 4.89. The lowest BCUT2D eigenvalue weighted by Gasteiger charge is -2.33. The SMILES string of the molecule is Cc1ccc(OCC(=O)OCC(=O)N2CCCC[C@H]2C(N)=O)cc1C. The molecule has 0 aliphatic carbocycles. The lowest BCUT2D eigenvalue weighted by atomic mass is 10.0. The van der Waals surface area contributed by atoms with Gasteiger partial charge < -0.3 is 20.1 Å². The van der Waals surface area contributed by atoms with Gasteiger partial charge in [-0.2, -0.15) is 0 Å². The number of piperidine rings is 1. The van der Waals surface area contributed by atoms with Crippen molar-refractivity contribution in [3.63, 3.8) is 0 Å². The normalized spacial score (nSPS) is 17.0. The van der Waals surface area contributed by atoms with Gasteiger partial charge in [-0.15, -0.1) is 0 Å². The van der Waals surface area contributed by atoms with E-state index in [4.69, 9.17) is 15.2 Å². The van der Waals surface area contributed by atoms with Crippen LogP contribution in [0.3, 0.4) is 0 Å². The molecule has 2 N–H and O–H groups in total. The van der Waals surface area contributed by atoms with Crippen LogP contribution in [0.25, 0.3) is 0 Å². The number of hydrogen-bond donors (Lipinski definition) is 1. The molecule has 2 amide bonds. The number of ether oxygens (including phenoxy) is 2. The highest BCUT2D eigenvalue weighted by molar-refractivity contribution is 5.88. The second-order valence-electron chi connectivity index (χ2n) is 6.20. The molecule has 0 aromatic heterocycles. The lowest BCUT2D eigenvalue weighted by Crippen LogP contribution is -2.51. The van der Waals surface area contributed by atoms with Crippen LogP contribution in [0.4, 0.5) is 0 Å². The van der Waals surface area contributed by atoms with Gasteiger partial charge in [-0.1, -0.05) is 6.07 Å². The van der Waals surface area contributed by atoms with Crippen LogP contribution in [0, 0.1) is 13.8 Å². The van der Waals surface area contributed by atoms with Crippen molar-refractivity contribution in [2.24, 2.45) is 5.73 Å². The van der Waals surface area contributed by atoms with E-state index in [1.807, 2.05) is 26.0 Å². The van der Waals surface area contributed by atoms with Gasteiger partial charge in [-0.05, 0) is 56.4 Å². The van der Waals surface area contributed by atoms with Gasteiger partial charge in [0.25, 0.3) is 5.91 Å².